The molecule has 706 valence electrons. The number of benzene rings is 6. The Morgan fingerprint density at radius 3 is 1.10 bits per heavy atom. The third-order valence-electron chi connectivity index (χ3n) is 14.9. The molecule has 0 fully saturated rings. The molecule has 0 spiro atoms. The Hall–Kier alpha value is 13.8. The number of amidine groups is 3. The number of aromatic nitrogens is 3. The first-order valence-corrected chi connectivity index (χ1v) is 227. The van der Waals surface area contributed by atoms with Crippen LogP contribution in [0.4, 0.5) is 17.1 Å². The monoisotopic (exact) mass is 5510 g/mol. The van der Waals surface area contributed by atoms with Gasteiger partial charge in [0, 0.05) is 28.3 Å². The van der Waals surface area contributed by atoms with Gasteiger partial charge < -0.3 is 44.4 Å². The minimum absolute atomic E-state index is 0.0128. The molecule has 12 rings (SSSR count). The van der Waals surface area contributed by atoms with Gasteiger partial charge in [-0.15, -0.1) is 13.2 Å². The quantitative estimate of drug-likeness (QED) is 0.0232. The number of carbonyl (C=O) groups excluding carboxylic acids is 4. The number of nitrogens with one attached hydrogen (secondary N) is 3. The van der Waals surface area contributed by atoms with Crippen molar-refractivity contribution < 1.29 is 93.7 Å². The van der Waals surface area contributed by atoms with Crippen molar-refractivity contribution in [3.63, 3.8) is 0 Å². The zero-order chi connectivity index (χ0) is 92.2. The van der Waals surface area contributed by atoms with Crippen molar-refractivity contribution in [3.8, 4) is 0 Å². The van der Waals surface area contributed by atoms with Crippen LogP contribution in [0.2, 0.25) is 0 Å². The number of carbonyl (C=O) groups is 4. The van der Waals surface area contributed by atoms with Crippen LogP contribution in [0.1, 0.15) is 95.1 Å². The number of anilines is 3. The fourth-order valence-electron chi connectivity index (χ4n) is 9.83. The van der Waals surface area contributed by atoms with Gasteiger partial charge >= 0.3 is 458 Å². The second-order valence-electron chi connectivity index (χ2n) is 22.2. The zero-order valence-corrected chi connectivity index (χ0v) is 136. The molecule has 3 aliphatic rings. The molecule has 6 heterocycles. The number of ether oxygens (including phenoxy) is 2. The van der Waals surface area contributed by atoms with Crippen LogP contribution in [0.15, 0.2) is 233 Å². The standard InChI is InChI=1S/C22H19N3O6S.C20H16BrN3O4S.C11H12N2O.C10H9BrN2O4S.I27.I5/c1-30-22(27)15-7-9-17-19(13-15)32(28,29)25-20(24-17)18(26)10-8-16(21-23-11-12-31-21)14-5-3-2-4-6-14;21-14-6-8-16-18(12-14)29(26,27)24-19(23-16)17(25)9-7-15(20-22-10-11-28-20)13-4-2-1-3-5-13;12-8-10(11-13-6-7-14-11)9-4-2-1-3-5-9;1-2-17-10(14)9-12-7-4-3-6(11)5-8(7)18(15,16)13-9;1-15-17(4)19(6)21(8)23(10)25(12)27(14)26(13)24(11)22(9)20(7)18(5)16(2)3;1-4-5(2)3/h2-7,9,11-13,16H,8,10H2,1H3,(H,24,25);1-6,8,10-12,15H,7,9H2,(H,23,24);1-7,10H,8,12H2;3-5H,2H2,1H3,(H,12,13);;/q;;;;2*-1. The van der Waals surface area contributed by atoms with Crippen LogP contribution in [0.3, 0.4) is 0 Å². The van der Waals surface area contributed by atoms with E-state index in [4.69, 9.17) is 23.7 Å². The molecule has 0 radical (unpaired) electrons. The van der Waals surface area contributed by atoms with Gasteiger partial charge in [-0.05, 0) is 91.1 Å². The molecule has 5 N–H and O–H groups in total. The summed E-state index contributed by atoms with van der Waals surface area (Å²) in [6.07, 6.45) is 10.1. The molecule has 25 nitrogen and oxygen atoms in total. The number of esters is 2. The Balaban J connectivity index is 0.000000216. The van der Waals surface area contributed by atoms with Gasteiger partial charge in [0.25, 0.3) is 30.1 Å². The predicted octanol–water partition coefficient (Wildman–Crippen LogP) is 31.2. The fourth-order valence-corrected chi connectivity index (χ4v) is 4410. The molecule has 9 aromatic rings. The molecule has 3 atom stereocenters. The SMILES string of the molecule is CCOC(=O)C1=NS(=O)(=O)c2cc(Br)ccc2N1.COC(=O)c1ccc2c(c1)S(=O)(=O)N=C(C(=O)CCC(c1ccccc1)c1ncco1)N2.I[I-]I(I)I.I[I-]I(I)I(I)I(I)I(I)I(I)I(I)I(I)I(I)I(I)I(I)I(I)I(I)I.NCC(c1ccccc1)c1ncco1.O=C(CCC(c1ccccc1)c1ncco1)C1=NS(=O)(=O)c2cc(Br)ccc2N1. The van der Waals surface area contributed by atoms with Crippen LogP contribution in [-0.4, -0.2) is 101 Å². The maximum absolute atomic E-state index is 12.8. The van der Waals surface area contributed by atoms with Crippen LogP contribution in [0.25, 0.3) is 0 Å². The molecule has 3 unspecified atom stereocenters. The number of nitrogens with zero attached hydrogens (tertiary/aromatic N) is 6. The number of oxazole rings is 3. The molecule has 3 aromatic heterocycles. The van der Waals surface area contributed by atoms with E-state index in [2.05, 4.69) is 397 Å². The maximum atomic E-state index is 12.8. The van der Waals surface area contributed by atoms with Gasteiger partial charge in [-0.1, -0.05) is 123 Å². The van der Waals surface area contributed by atoms with Crippen LogP contribution < -0.4 is 48.2 Å². The number of fused-ring (bicyclic) bond motifs is 3. The van der Waals surface area contributed by atoms with E-state index in [1.165, 1.54) is 56.2 Å². The Labute approximate surface area is 969 Å². The smallest absolute Gasteiger partial charge is 0.286 e. The van der Waals surface area contributed by atoms with Gasteiger partial charge in [-0.2, -0.15) is 25.3 Å². The molecule has 6 aromatic carbocycles. The van der Waals surface area contributed by atoms with Crippen molar-refractivity contribution in [2.45, 2.75) is 65.0 Å². The topological polar surface area (TPSA) is 366 Å². The van der Waals surface area contributed by atoms with E-state index in [1.807, 2.05) is 91.0 Å². The second-order valence-corrected chi connectivity index (χ2v) is 695. The van der Waals surface area contributed by atoms with E-state index in [0.29, 0.717) is 83.9 Å². The number of sulfonamides is 3. The summed E-state index contributed by atoms with van der Waals surface area (Å²) in [7, 11) is -16.2. The molecule has 0 amide bonds. The molecule has 0 bridgehead atoms. The van der Waals surface area contributed by atoms with Gasteiger partial charge in [0.15, 0.2) is 23.2 Å². The molecule has 0 aliphatic carbocycles. The van der Waals surface area contributed by atoms with Crippen LogP contribution in [0, 0.1) is 0 Å². The van der Waals surface area contributed by atoms with Crippen molar-refractivity contribution in [3.05, 3.63) is 232 Å². The summed E-state index contributed by atoms with van der Waals surface area (Å²) in [5.41, 5.74) is 9.59. The zero-order valence-electron chi connectivity index (χ0n) is 61.3. The number of hydrogen-bond acceptors (Lipinski definition) is 22. The van der Waals surface area contributed by atoms with E-state index in [-0.39, 0.29) is 104 Å². The number of ketones is 2. The summed E-state index contributed by atoms with van der Waals surface area (Å²) in [6.45, 7) is 2.28. The minimum Gasteiger partial charge on any atom is -0.448 e. The fraction of sp³-hybridized carbons (Fsp3) is 0.175. The van der Waals surface area contributed by atoms with Crippen LogP contribution in [-0.2, 0) is 53.9 Å². The average molecular weight is 5510 g/mol. The number of halogens is 34. The van der Waals surface area contributed by atoms with Crippen LogP contribution >= 0.6 is 451 Å². The molecular weight excluding hydrogens is 5450 g/mol. The number of Topliss-reactive ketones (excluding diaryl/α,β-unsaturated/α-hetero) is 2. The Kier molecular flexibility index (Phi) is 66.2. The van der Waals surface area contributed by atoms with Crippen molar-refractivity contribution in [2.75, 3.05) is 36.2 Å². The van der Waals surface area contributed by atoms with E-state index in [0.717, 1.165) is 16.7 Å². The van der Waals surface area contributed by atoms with Gasteiger partial charge in [-0.25, -0.2) is 24.5 Å². The van der Waals surface area contributed by atoms with Crippen LogP contribution in [0.5, 0.6) is 0 Å². The first kappa shape index (κ1) is 126. The summed E-state index contributed by atoms with van der Waals surface area (Å²) in [5, 5.41) is 8.24. The molecule has 62 heteroatoms. The Morgan fingerprint density at radius 1 is 0.448 bits per heavy atom. The van der Waals surface area contributed by atoms with Crippen molar-refractivity contribution in [1.29, 1.82) is 0 Å². The molecule has 3 aliphatic heterocycles. The van der Waals surface area contributed by atoms with Gasteiger partial charge in [0.2, 0.25) is 23.5 Å². The first-order valence-electron chi connectivity index (χ1n) is 32.4. The van der Waals surface area contributed by atoms with E-state index in [9.17, 15) is 44.4 Å². The van der Waals surface area contributed by atoms with E-state index < -0.39 is 133 Å². The number of hydrogen-bond donors (Lipinski definition) is 4. The predicted molar refractivity (Wildman–Crippen MR) is 770 cm³/mol. The molecular formula is C63H56Br2I32N10O15S3-2. The number of methoxy groups -OCH3 is 1. The van der Waals surface area contributed by atoms with Crippen molar-refractivity contribution in [1.82, 2.24) is 15.0 Å². The minimum atomic E-state index is -4.17. The Morgan fingerprint density at radius 2 is 0.776 bits per heavy atom. The molecule has 0 saturated heterocycles. The normalized spacial score (nSPS) is 15.7. The summed E-state index contributed by atoms with van der Waals surface area (Å²) in [5.74, 6) is -1.90. The average Bonchev–Trinajstić information content (AvgIpc) is 0.983. The number of rotatable bonds is 31. The van der Waals surface area contributed by atoms with Crippen molar-refractivity contribution in [2.24, 2.45) is 18.9 Å². The van der Waals surface area contributed by atoms with Crippen molar-refractivity contribution >= 4 is 539 Å². The molecule has 125 heavy (non-hydrogen) atoms. The van der Waals surface area contributed by atoms with E-state index in [1.54, 1.807) is 49.8 Å². The Bertz CT molecular complexity index is 5480. The summed E-state index contributed by atoms with van der Waals surface area (Å²) < 4.78 is 111. The third kappa shape index (κ3) is 41.4. The number of nitrogens with two attached hydrogens (primary N) is 1. The first-order chi connectivity index (χ1) is 59.2. The molecule has 0 saturated carbocycles. The second kappa shape index (κ2) is 65.9. The van der Waals surface area contributed by atoms with Gasteiger partial charge in [0.1, 0.15) is 33.5 Å². The summed E-state index contributed by atoms with van der Waals surface area (Å²) >= 11 is 59.2. The summed E-state index contributed by atoms with van der Waals surface area (Å²) in [4.78, 5) is 61.2. The third-order valence-corrected chi connectivity index (χ3v) is 2000. The van der Waals surface area contributed by atoms with Gasteiger partial charge in [0.05, 0.1) is 72.7 Å². The van der Waals surface area contributed by atoms with E-state index >= 15 is 0 Å². The van der Waals surface area contributed by atoms with Gasteiger partial charge in [-0.3, -0.25) is 9.59 Å². The largest absolute Gasteiger partial charge is 0.448 e. The summed E-state index contributed by atoms with van der Waals surface area (Å²) in [6, 6.07) is 42.4. The maximum Gasteiger partial charge on any atom is 0.286 e.